The Morgan fingerprint density at radius 3 is 2.88 bits per heavy atom. The lowest BCUT2D eigenvalue weighted by Crippen LogP contribution is -2.40. The number of amides is 2. The second kappa shape index (κ2) is 8.03. The van der Waals surface area contributed by atoms with Crippen molar-refractivity contribution in [3.05, 3.63) is 0 Å². The molecular formula is C11H21N3O3. The van der Waals surface area contributed by atoms with Gasteiger partial charge in [0.2, 0.25) is 11.8 Å². The van der Waals surface area contributed by atoms with Crippen LogP contribution in [0.1, 0.15) is 12.8 Å². The van der Waals surface area contributed by atoms with Crippen molar-refractivity contribution in [2.24, 2.45) is 0 Å². The van der Waals surface area contributed by atoms with Gasteiger partial charge in [-0.05, 0) is 6.42 Å². The van der Waals surface area contributed by atoms with E-state index in [1.807, 2.05) is 0 Å². The molecule has 0 aromatic rings. The Morgan fingerprint density at radius 1 is 1.41 bits per heavy atom. The van der Waals surface area contributed by atoms with E-state index >= 15 is 0 Å². The number of nitrogens with one attached hydrogen (secondary N) is 2. The molecule has 0 atom stereocenters. The standard InChI is InChI=1S/C11H21N3O3/c1-17-8-6-12-4-5-13-10(15)9-14-7-2-3-11(14)16/h12H,2-9H2,1H3,(H,13,15). The Hall–Kier alpha value is -1.14. The number of carbonyl (C=O) groups is 2. The number of nitrogens with zero attached hydrogens (tertiary/aromatic N) is 1. The molecule has 0 saturated carbocycles. The zero-order valence-electron chi connectivity index (χ0n) is 10.3. The lowest BCUT2D eigenvalue weighted by atomic mass is 10.4. The Bertz CT molecular complexity index is 258. The lowest BCUT2D eigenvalue weighted by Gasteiger charge is -2.14. The lowest BCUT2D eigenvalue weighted by molar-refractivity contribution is -0.133. The average molecular weight is 243 g/mol. The van der Waals surface area contributed by atoms with Crippen LogP contribution in [-0.2, 0) is 14.3 Å². The molecule has 1 fully saturated rings. The van der Waals surface area contributed by atoms with Crippen LogP contribution in [0.5, 0.6) is 0 Å². The molecular weight excluding hydrogens is 222 g/mol. The Kier molecular flexibility index (Phi) is 6.57. The minimum atomic E-state index is -0.0891. The van der Waals surface area contributed by atoms with Crippen LogP contribution in [-0.4, -0.2) is 63.2 Å². The van der Waals surface area contributed by atoms with Gasteiger partial charge in [-0.25, -0.2) is 0 Å². The summed E-state index contributed by atoms with van der Waals surface area (Å²) in [5.41, 5.74) is 0. The molecule has 0 spiro atoms. The highest BCUT2D eigenvalue weighted by molar-refractivity contribution is 5.85. The summed E-state index contributed by atoms with van der Waals surface area (Å²) in [7, 11) is 1.65. The summed E-state index contributed by atoms with van der Waals surface area (Å²) in [4.78, 5) is 24.4. The fraction of sp³-hybridized carbons (Fsp3) is 0.818. The van der Waals surface area contributed by atoms with Crippen molar-refractivity contribution in [1.82, 2.24) is 15.5 Å². The van der Waals surface area contributed by atoms with Crippen LogP contribution in [0, 0.1) is 0 Å². The normalized spacial score (nSPS) is 15.4. The van der Waals surface area contributed by atoms with Crippen LogP contribution in [0.3, 0.4) is 0 Å². The van der Waals surface area contributed by atoms with E-state index in [0.717, 1.165) is 13.0 Å². The maximum absolute atomic E-state index is 11.5. The molecule has 0 aliphatic carbocycles. The molecule has 1 heterocycles. The van der Waals surface area contributed by atoms with Gasteiger partial charge >= 0.3 is 0 Å². The van der Waals surface area contributed by atoms with Crippen LogP contribution in [0.25, 0.3) is 0 Å². The number of hydrogen-bond donors (Lipinski definition) is 2. The number of hydrogen-bond acceptors (Lipinski definition) is 4. The molecule has 1 aliphatic rings. The third kappa shape index (κ3) is 5.65. The average Bonchev–Trinajstić information content (AvgIpc) is 2.69. The minimum Gasteiger partial charge on any atom is -0.383 e. The van der Waals surface area contributed by atoms with E-state index in [1.54, 1.807) is 12.0 Å². The van der Waals surface area contributed by atoms with E-state index in [9.17, 15) is 9.59 Å². The highest BCUT2D eigenvalue weighted by Crippen LogP contribution is 2.08. The number of ether oxygens (including phenoxy) is 1. The molecule has 0 aromatic heterocycles. The first-order chi connectivity index (χ1) is 8.24. The highest BCUT2D eigenvalue weighted by atomic mass is 16.5. The van der Waals surface area contributed by atoms with Gasteiger partial charge in [-0.15, -0.1) is 0 Å². The van der Waals surface area contributed by atoms with Crippen molar-refractivity contribution in [2.45, 2.75) is 12.8 Å². The van der Waals surface area contributed by atoms with E-state index in [4.69, 9.17) is 4.74 Å². The minimum absolute atomic E-state index is 0.0818. The van der Waals surface area contributed by atoms with Gasteiger partial charge in [0.1, 0.15) is 0 Å². The molecule has 2 N–H and O–H groups in total. The predicted octanol–water partition coefficient (Wildman–Crippen LogP) is -1.04. The second-order valence-corrected chi connectivity index (χ2v) is 4.01. The Labute approximate surface area is 102 Å². The van der Waals surface area contributed by atoms with E-state index in [0.29, 0.717) is 32.7 Å². The first kappa shape index (κ1) is 13.9. The summed E-state index contributed by atoms with van der Waals surface area (Å²) in [5, 5.41) is 5.89. The smallest absolute Gasteiger partial charge is 0.239 e. The van der Waals surface area contributed by atoms with Crippen molar-refractivity contribution >= 4 is 11.8 Å². The first-order valence-electron chi connectivity index (χ1n) is 5.98. The quantitative estimate of drug-likeness (QED) is 0.534. The molecule has 6 heteroatoms. The van der Waals surface area contributed by atoms with Crippen LogP contribution in [0.15, 0.2) is 0 Å². The first-order valence-corrected chi connectivity index (χ1v) is 5.98. The highest BCUT2D eigenvalue weighted by Gasteiger charge is 2.21. The number of methoxy groups -OCH3 is 1. The van der Waals surface area contributed by atoms with E-state index < -0.39 is 0 Å². The van der Waals surface area contributed by atoms with Gasteiger partial charge in [0.15, 0.2) is 0 Å². The molecule has 98 valence electrons. The van der Waals surface area contributed by atoms with Crippen LogP contribution < -0.4 is 10.6 Å². The van der Waals surface area contributed by atoms with Gasteiger partial charge in [0.05, 0.1) is 13.2 Å². The monoisotopic (exact) mass is 243 g/mol. The van der Waals surface area contributed by atoms with Crippen LogP contribution in [0.4, 0.5) is 0 Å². The molecule has 17 heavy (non-hydrogen) atoms. The van der Waals surface area contributed by atoms with Crippen LogP contribution >= 0.6 is 0 Å². The number of carbonyl (C=O) groups excluding carboxylic acids is 2. The predicted molar refractivity (Wildman–Crippen MR) is 63.6 cm³/mol. The van der Waals surface area contributed by atoms with Gasteiger partial charge < -0.3 is 20.3 Å². The summed E-state index contributed by atoms with van der Waals surface area (Å²) >= 11 is 0. The summed E-state index contributed by atoms with van der Waals surface area (Å²) in [6, 6.07) is 0. The molecule has 0 bridgehead atoms. The van der Waals surface area contributed by atoms with Crippen molar-refractivity contribution < 1.29 is 14.3 Å². The molecule has 1 saturated heterocycles. The van der Waals surface area contributed by atoms with Crippen molar-refractivity contribution in [3.8, 4) is 0 Å². The number of rotatable bonds is 8. The van der Waals surface area contributed by atoms with Gasteiger partial charge in [-0.1, -0.05) is 0 Å². The van der Waals surface area contributed by atoms with Gasteiger partial charge in [-0.3, -0.25) is 9.59 Å². The third-order valence-corrected chi connectivity index (χ3v) is 2.61. The van der Waals surface area contributed by atoms with Gasteiger partial charge in [0.25, 0.3) is 0 Å². The van der Waals surface area contributed by atoms with Gasteiger partial charge in [-0.2, -0.15) is 0 Å². The third-order valence-electron chi connectivity index (χ3n) is 2.61. The summed E-state index contributed by atoms with van der Waals surface area (Å²) in [6.45, 7) is 3.62. The second-order valence-electron chi connectivity index (χ2n) is 4.01. The molecule has 1 rings (SSSR count). The van der Waals surface area contributed by atoms with Gasteiger partial charge in [0, 0.05) is 39.7 Å². The largest absolute Gasteiger partial charge is 0.383 e. The zero-order valence-corrected chi connectivity index (χ0v) is 10.3. The SMILES string of the molecule is COCCNCCNC(=O)CN1CCCC1=O. The van der Waals surface area contributed by atoms with E-state index in [2.05, 4.69) is 10.6 Å². The maximum atomic E-state index is 11.5. The molecule has 0 radical (unpaired) electrons. The molecule has 2 amide bonds. The Morgan fingerprint density at radius 2 is 2.24 bits per heavy atom. The Balaban J connectivity index is 1.99. The molecule has 0 aromatic carbocycles. The molecule has 0 unspecified atom stereocenters. The van der Waals surface area contributed by atoms with Crippen molar-refractivity contribution in [2.75, 3.05) is 46.4 Å². The number of likely N-dealkylation sites (tertiary alicyclic amines) is 1. The zero-order chi connectivity index (χ0) is 12.5. The van der Waals surface area contributed by atoms with Crippen LogP contribution in [0.2, 0.25) is 0 Å². The van der Waals surface area contributed by atoms with E-state index in [-0.39, 0.29) is 18.4 Å². The van der Waals surface area contributed by atoms with E-state index in [1.165, 1.54) is 0 Å². The summed E-state index contributed by atoms with van der Waals surface area (Å²) in [5.74, 6) is -0.00726. The summed E-state index contributed by atoms with van der Waals surface area (Å²) in [6.07, 6.45) is 1.44. The molecule has 1 aliphatic heterocycles. The van der Waals surface area contributed by atoms with Crippen molar-refractivity contribution in [3.63, 3.8) is 0 Å². The maximum Gasteiger partial charge on any atom is 0.239 e. The van der Waals surface area contributed by atoms with Crippen molar-refractivity contribution in [1.29, 1.82) is 0 Å². The fourth-order valence-corrected chi connectivity index (χ4v) is 1.69. The topological polar surface area (TPSA) is 70.7 Å². The molecule has 6 nitrogen and oxygen atoms in total. The summed E-state index contributed by atoms with van der Waals surface area (Å²) < 4.78 is 4.88. The fourth-order valence-electron chi connectivity index (χ4n) is 1.69.